The first-order valence-electron chi connectivity index (χ1n) is 7.81. The SMILES string of the molecule is CC(=O)Nc1ccc(NC(=O)C(c2ccc(Br)cc2)C(C)C)cc1. The van der Waals surface area contributed by atoms with Crippen LogP contribution < -0.4 is 10.6 Å². The summed E-state index contributed by atoms with van der Waals surface area (Å²) in [5, 5.41) is 5.65. The van der Waals surface area contributed by atoms with Crippen LogP contribution in [0.4, 0.5) is 11.4 Å². The van der Waals surface area contributed by atoms with Gasteiger partial charge in [0.15, 0.2) is 0 Å². The van der Waals surface area contributed by atoms with Crippen LogP contribution in [0.3, 0.4) is 0 Å². The molecule has 1 unspecified atom stereocenters. The summed E-state index contributed by atoms with van der Waals surface area (Å²) in [6.07, 6.45) is 0. The zero-order chi connectivity index (χ0) is 17.7. The largest absolute Gasteiger partial charge is 0.326 e. The molecule has 2 aromatic rings. The molecule has 2 aromatic carbocycles. The van der Waals surface area contributed by atoms with Crippen LogP contribution in [0, 0.1) is 5.92 Å². The number of carbonyl (C=O) groups excluding carboxylic acids is 2. The van der Waals surface area contributed by atoms with Crippen molar-refractivity contribution in [1.82, 2.24) is 0 Å². The van der Waals surface area contributed by atoms with Gasteiger partial charge in [0.1, 0.15) is 0 Å². The maximum atomic E-state index is 12.7. The Morgan fingerprint density at radius 1 is 0.875 bits per heavy atom. The highest BCUT2D eigenvalue weighted by Gasteiger charge is 2.24. The topological polar surface area (TPSA) is 58.2 Å². The van der Waals surface area contributed by atoms with Crippen molar-refractivity contribution in [2.45, 2.75) is 26.7 Å². The lowest BCUT2D eigenvalue weighted by molar-refractivity contribution is -0.118. The number of benzene rings is 2. The number of hydrogen-bond acceptors (Lipinski definition) is 2. The average molecular weight is 389 g/mol. The third-order valence-electron chi connectivity index (χ3n) is 3.65. The number of halogens is 1. The standard InChI is InChI=1S/C19H21BrN2O2/c1-12(2)18(14-4-6-15(20)7-5-14)19(24)22-17-10-8-16(9-11-17)21-13(3)23/h4-12,18H,1-3H3,(H,21,23)(H,22,24). The minimum atomic E-state index is -0.229. The summed E-state index contributed by atoms with van der Waals surface area (Å²) >= 11 is 3.42. The molecule has 2 amide bonds. The van der Waals surface area contributed by atoms with E-state index in [4.69, 9.17) is 0 Å². The highest BCUT2D eigenvalue weighted by atomic mass is 79.9. The van der Waals surface area contributed by atoms with Crippen molar-refractivity contribution in [2.75, 3.05) is 10.6 Å². The first-order chi connectivity index (χ1) is 11.4. The van der Waals surface area contributed by atoms with E-state index in [1.807, 2.05) is 38.1 Å². The van der Waals surface area contributed by atoms with Gasteiger partial charge >= 0.3 is 0 Å². The van der Waals surface area contributed by atoms with Crippen LogP contribution in [-0.2, 0) is 9.59 Å². The summed E-state index contributed by atoms with van der Waals surface area (Å²) in [5.41, 5.74) is 2.39. The highest BCUT2D eigenvalue weighted by Crippen LogP contribution is 2.27. The Hall–Kier alpha value is -2.14. The predicted molar refractivity (Wildman–Crippen MR) is 101 cm³/mol. The van der Waals surface area contributed by atoms with Crippen molar-refractivity contribution in [3.63, 3.8) is 0 Å². The van der Waals surface area contributed by atoms with Gasteiger partial charge in [0.05, 0.1) is 5.92 Å². The molecule has 0 aliphatic rings. The summed E-state index contributed by atoms with van der Waals surface area (Å²) in [5.74, 6) is -0.223. The van der Waals surface area contributed by atoms with E-state index in [0.717, 1.165) is 10.0 Å². The molecule has 5 heteroatoms. The molecule has 0 aliphatic carbocycles. The van der Waals surface area contributed by atoms with Crippen molar-refractivity contribution in [2.24, 2.45) is 5.92 Å². The molecule has 4 nitrogen and oxygen atoms in total. The van der Waals surface area contributed by atoms with Crippen LogP contribution in [0.25, 0.3) is 0 Å². The summed E-state index contributed by atoms with van der Waals surface area (Å²) in [6, 6.07) is 14.9. The van der Waals surface area contributed by atoms with E-state index < -0.39 is 0 Å². The van der Waals surface area contributed by atoms with Crippen LogP contribution in [0.1, 0.15) is 32.3 Å². The second-order valence-corrected chi connectivity index (χ2v) is 6.94. The number of rotatable bonds is 5. The molecule has 0 saturated carbocycles. The Kier molecular flexibility index (Phi) is 6.15. The molecule has 0 radical (unpaired) electrons. The molecule has 0 fully saturated rings. The maximum Gasteiger partial charge on any atom is 0.232 e. The van der Waals surface area contributed by atoms with E-state index in [0.29, 0.717) is 11.4 Å². The third-order valence-corrected chi connectivity index (χ3v) is 4.18. The van der Waals surface area contributed by atoms with E-state index in [9.17, 15) is 9.59 Å². The van der Waals surface area contributed by atoms with Crippen molar-refractivity contribution in [3.05, 3.63) is 58.6 Å². The maximum absolute atomic E-state index is 12.7. The zero-order valence-corrected chi connectivity index (χ0v) is 15.6. The highest BCUT2D eigenvalue weighted by molar-refractivity contribution is 9.10. The summed E-state index contributed by atoms with van der Waals surface area (Å²) in [6.45, 7) is 5.53. The average Bonchev–Trinajstić information content (AvgIpc) is 2.50. The van der Waals surface area contributed by atoms with E-state index in [1.54, 1.807) is 24.3 Å². The molecule has 0 aromatic heterocycles. The molecule has 2 rings (SSSR count). The van der Waals surface area contributed by atoms with Crippen LogP contribution in [-0.4, -0.2) is 11.8 Å². The molecule has 0 bridgehead atoms. The van der Waals surface area contributed by atoms with Gasteiger partial charge in [-0.1, -0.05) is 41.9 Å². The Labute approximate surface area is 150 Å². The van der Waals surface area contributed by atoms with Gasteiger partial charge in [0.25, 0.3) is 0 Å². The minimum Gasteiger partial charge on any atom is -0.326 e. The van der Waals surface area contributed by atoms with Gasteiger partial charge in [-0.05, 0) is 47.9 Å². The van der Waals surface area contributed by atoms with Crippen LogP contribution in [0.2, 0.25) is 0 Å². The van der Waals surface area contributed by atoms with Crippen molar-refractivity contribution in [3.8, 4) is 0 Å². The van der Waals surface area contributed by atoms with Gasteiger partial charge in [-0.2, -0.15) is 0 Å². The molecule has 0 saturated heterocycles. The van der Waals surface area contributed by atoms with Gasteiger partial charge < -0.3 is 10.6 Å². The Morgan fingerprint density at radius 2 is 1.38 bits per heavy atom. The fraction of sp³-hybridized carbons (Fsp3) is 0.263. The van der Waals surface area contributed by atoms with Gasteiger partial charge in [-0.25, -0.2) is 0 Å². The predicted octanol–water partition coefficient (Wildman–Crippen LogP) is 4.79. The van der Waals surface area contributed by atoms with E-state index in [1.165, 1.54) is 6.92 Å². The molecule has 0 spiro atoms. The number of anilines is 2. The molecule has 1 atom stereocenters. The van der Waals surface area contributed by atoms with Gasteiger partial charge in [-0.3, -0.25) is 9.59 Å². The fourth-order valence-corrected chi connectivity index (χ4v) is 2.83. The zero-order valence-electron chi connectivity index (χ0n) is 14.0. The molecular formula is C19H21BrN2O2. The number of carbonyl (C=O) groups is 2. The van der Waals surface area contributed by atoms with Crippen molar-refractivity contribution < 1.29 is 9.59 Å². The van der Waals surface area contributed by atoms with E-state index in [-0.39, 0.29) is 23.7 Å². The first-order valence-corrected chi connectivity index (χ1v) is 8.60. The van der Waals surface area contributed by atoms with Crippen LogP contribution in [0.5, 0.6) is 0 Å². The van der Waals surface area contributed by atoms with Crippen molar-refractivity contribution >= 4 is 39.1 Å². The lowest BCUT2D eigenvalue weighted by Crippen LogP contribution is -2.25. The van der Waals surface area contributed by atoms with Crippen molar-refractivity contribution in [1.29, 1.82) is 0 Å². The van der Waals surface area contributed by atoms with Gasteiger partial charge in [0.2, 0.25) is 11.8 Å². The summed E-state index contributed by atoms with van der Waals surface area (Å²) in [7, 11) is 0. The molecular weight excluding hydrogens is 368 g/mol. The number of hydrogen-bond donors (Lipinski definition) is 2. The molecule has 2 N–H and O–H groups in total. The first kappa shape index (κ1) is 18.2. The molecule has 0 heterocycles. The monoisotopic (exact) mass is 388 g/mol. The second kappa shape index (κ2) is 8.11. The summed E-state index contributed by atoms with van der Waals surface area (Å²) in [4.78, 5) is 23.7. The molecule has 126 valence electrons. The Bertz CT molecular complexity index is 709. The normalized spacial score (nSPS) is 11.9. The lowest BCUT2D eigenvalue weighted by Gasteiger charge is -2.21. The lowest BCUT2D eigenvalue weighted by atomic mass is 9.87. The molecule has 24 heavy (non-hydrogen) atoms. The fourth-order valence-electron chi connectivity index (χ4n) is 2.57. The van der Waals surface area contributed by atoms with Gasteiger partial charge in [-0.15, -0.1) is 0 Å². The second-order valence-electron chi connectivity index (χ2n) is 6.02. The quantitative estimate of drug-likeness (QED) is 0.773. The third kappa shape index (κ3) is 4.93. The van der Waals surface area contributed by atoms with Crippen LogP contribution >= 0.6 is 15.9 Å². The minimum absolute atomic E-state index is 0.0420. The van der Waals surface area contributed by atoms with E-state index in [2.05, 4.69) is 26.6 Å². The van der Waals surface area contributed by atoms with E-state index >= 15 is 0 Å². The number of nitrogens with one attached hydrogen (secondary N) is 2. The van der Waals surface area contributed by atoms with Crippen LogP contribution in [0.15, 0.2) is 53.0 Å². The molecule has 0 aliphatic heterocycles. The number of amides is 2. The van der Waals surface area contributed by atoms with Gasteiger partial charge in [0, 0.05) is 22.8 Å². The Morgan fingerprint density at radius 3 is 1.83 bits per heavy atom. The smallest absolute Gasteiger partial charge is 0.232 e. The summed E-state index contributed by atoms with van der Waals surface area (Å²) < 4.78 is 0.989. The Balaban J connectivity index is 2.13.